The van der Waals surface area contributed by atoms with Gasteiger partial charge in [-0.2, -0.15) is 0 Å². The zero-order valence-corrected chi connectivity index (χ0v) is 15.1. The number of furan rings is 1. The highest BCUT2D eigenvalue weighted by molar-refractivity contribution is 5.76. The second-order valence-corrected chi connectivity index (χ2v) is 6.28. The summed E-state index contributed by atoms with van der Waals surface area (Å²) in [6.07, 6.45) is 4.66. The average Bonchev–Trinajstić information content (AvgIpc) is 3.06. The minimum Gasteiger partial charge on any atom is -0.468 e. The molecule has 0 radical (unpaired) electrons. The summed E-state index contributed by atoms with van der Waals surface area (Å²) in [5.41, 5.74) is 1.10. The van der Waals surface area contributed by atoms with Crippen LogP contribution in [0.5, 0.6) is 0 Å². The molecule has 0 aliphatic rings. The second kappa shape index (κ2) is 9.17. The Bertz CT molecular complexity index is 724. The van der Waals surface area contributed by atoms with E-state index >= 15 is 0 Å². The largest absolute Gasteiger partial charge is 0.468 e. The standard InChI is InChI=1S/C18H26N4O3/c1-14-16(18(24)20-13-19-14)7-8-17(23)22(3)10-5-9-21(2)12-15-6-4-11-25-15/h4,6,11,13H,5,7-10,12H2,1-3H3,(H,19,20,24). The van der Waals surface area contributed by atoms with Crippen LogP contribution < -0.4 is 5.56 Å². The van der Waals surface area contributed by atoms with Crippen molar-refractivity contribution in [2.24, 2.45) is 0 Å². The van der Waals surface area contributed by atoms with E-state index in [1.807, 2.05) is 19.2 Å². The maximum atomic E-state index is 12.2. The van der Waals surface area contributed by atoms with Gasteiger partial charge >= 0.3 is 0 Å². The molecule has 0 unspecified atom stereocenters. The first-order valence-electron chi connectivity index (χ1n) is 8.45. The number of rotatable bonds is 9. The maximum Gasteiger partial charge on any atom is 0.254 e. The number of hydrogen-bond acceptors (Lipinski definition) is 5. The SMILES string of the molecule is Cc1nc[nH]c(=O)c1CCC(=O)N(C)CCCN(C)Cc1ccco1. The fraction of sp³-hybridized carbons (Fsp3) is 0.500. The zero-order chi connectivity index (χ0) is 18.2. The van der Waals surface area contributed by atoms with Gasteiger partial charge in [0, 0.05) is 31.3 Å². The molecule has 0 aromatic carbocycles. The van der Waals surface area contributed by atoms with Crippen molar-refractivity contribution in [3.05, 3.63) is 52.1 Å². The lowest BCUT2D eigenvalue weighted by Crippen LogP contribution is -2.31. The van der Waals surface area contributed by atoms with Gasteiger partial charge in [0.1, 0.15) is 5.76 Å². The molecule has 0 saturated heterocycles. The Morgan fingerprint density at radius 2 is 2.12 bits per heavy atom. The van der Waals surface area contributed by atoms with Crippen LogP contribution in [0, 0.1) is 6.92 Å². The minimum atomic E-state index is -0.164. The van der Waals surface area contributed by atoms with Gasteiger partial charge < -0.3 is 14.3 Å². The number of aromatic amines is 1. The number of hydrogen-bond donors (Lipinski definition) is 1. The van der Waals surface area contributed by atoms with E-state index in [-0.39, 0.29) is 11.5 Å². The molecular weight excluding hydrogens is 320 g/mol. The summed E-state index contributed by atoms with van der Waals surface area (Å²) in [6.45, 7) is 4.10. The first-order valence-corrected chi connectivity index (χ1v) is 8.45. The van der Waals surface area contributed by atoms with E-state index in [0.717, 1.165) is 25.3 Å². The van der Waals surface area contributed by atoms with Gasteiger partial charge in [0.2, 0.25) is 5.91 Å². The molecule has 2 rings (SSSR count). The Morgan fingerprint density at radius 3 is 2.80 bits per heavy atom. The van der Waals surface area contributed by atoms with Crippen LogP contribution in [0.25, 0.3) is 0 Å². The van der Waals surface area contributed by atoms with Crippen molar-refractivity contribution < 1.29 is 9.21 Å². The first kappa shape index (κ1) is 18.9. The van der Waals surface area contributed by atoms with Crippen LogP contribution in [-0.2, 0) is 17.8 Å². The van der Waals surface area contributed by atoms with Gasteiger partial charge in [-0.25, -0.2) is 4.98 Å². The predicted molar refractivity (Wildman–Crippen MR) is 95.2 cm³/mol. The highest BCUT2D eigenvalue weighted by atomic mass is 16.3. The van der Waals surface area contributed by atoms with E-state index in [9.17, 15) is 9.59 Å². The molecule has 2 aromatic rings. The van der Waals surface area contributed by atoms with Crippen molar-refractivity contribution in [2.75, 3.05) is 27.2 Å². The normalized spacial score (nSPS) is 11.0. The number of nitrogens with one attached hydrogen (secondary N) is 1. The summed E-state index contributed by atoms with van der Waals surface area (Å²) in [7, 11) is 3.83. The summed E-state index contributed by atoms with van der Waals surface area (Å²) in [5, 5.41) is 0. The van der Waals surface area contributed by atoms with Crippen molar-refractivity contribution in [3.8, 4) is 0 Å². The summed E-state index contributed by atoms with van der Waals surface area (Å²) < 4.78 is 5.32. The molecule has 0 fully saturated rings. The van der Waals surface area contributed by atoms with E-state index in [0.29, 0.717) is 30.6 Å². The number of nitrogens with zero attached hydrogens (tertiary/aromatic N) is 3. The van der Waals surface area contributed by atoms with Gasteiger partial charge in [-0.15, -0.1) is 0 Å². The summed E-state index contributed by atoms with van der Waals surface area (Å²) >= 11 is 0. The third-order valence-corrected chi connectivity index (χ3v) is 4.22. The van der Waals surface area contributed by atoms with E-state index in [1.54, 1.807) is 25.1 Å². The van der Waals surface area contributed by atoms with Crippen molar-refractivity contribution in [3.63, 3.8) is 0 Å². The molecule has 1 N–H and O–H groups in total. The third kappa shape index (κ3) is 5.86. The number of aryl methyl sites for hydroxylation is 1. The molecular formula is C18H26N4O3. The second-order valence-electron chi connectivity index (χ2n) is 6.28. The lowest BCUT2D eigenvalue weighted by Gasteiger charge is -2.20. The molecule has 0 aliphatic heterocycles. The van der Waals surface area contributed by atoms with Crippen LogP contribution in [0.15, 0.2) is 33.9 Å². The summed E-state index contributed by atoms with van der Waals surface area (Å²) in [5.74, 6) is 0.973. The molecule has 0 aliphatic carbocycles. The molecule has 7 heteroatoms. The minimum absolute atomic E-state index is 0.0383. The molecule has 7 nitrogen and oxygen atoms in total. The lowest BCUT2D eigenvalue weighted by molar-refractivity contribution is -0.129. The Balaban J connectivity index is 1.70. The fourth-order valence-electron chi connectivity index (χ4n) is 2.68. The van der Waals surface area contributed by atoms with Crippen LogP contribution in [0.1, 0.15) is 29.9 Å². The van der Waals surface area contributed by atoms with Crippen molar-refractivity contribution >= 4 is 5.91 Å². The summed E-state index contributed by atoms with van der Waals surface area (Å²) in [6, 6.07) is 3.83. The third-order valence-electron chi connectivity index (χ3n) is 4.22. The summed E-state index contributed by atoms with van der Waals surface area (Å²) in [4.78, 5) is 34.5. The van der Waals surface area contributed by atoms with Gasteiger partial charge in [-0.1, -0.05) is 0 Å². The van der Waals surface area contributed by atoms with Crippen molar-refractivity contribution in [1.82, 2.24) is 19.8 Å². The monoisotopic (exact) mass is 346 g/mol. The highest BCUT2D eigenvalue weighted by Crippen LogP contribution is 2.06. The Kier molecular flexibility index (Phi) is 6.94. The molecule has 0 saturated carbocycles. The number of amides is 1. The number of H-pyrrole nitrogens is 1. The highest BCUT2D eigenvalue weighted by Gasteiger charge is 2.12. The van der Waals surface area contributed by atoms with Crippen LogP contribution in [0.4, 0.5) is 0 Å². The average molecular weight is 346 g/mol. The Labute approximate surface area is 147 Å². The van der Waals surface area contributed by atoms with Gasteiger partial charge in [0.25, 0.3) is 5.56 Å². The molecule has 136 valence electrons. The van der Waals surface area contributed by atoms with Gasteiger partial charge in [-0.3, -0.25) is 14.5 Å². The molecule has 2 heterocycles. The van der Waals surface area contributed by atoms with Gasteiger partial charge in [-0.05, 0) is 45.5 Å². The molecule has 25 heavy (non-hydrogen) atoms. The number of carbonyl (C=O) groups is 1. The topological polar surface area (TPSA) is 82.4 Å². The van der Waals surface area contributed by atoms with E-state index in [2.05, 4.69) is 14.9 Å². The fourth-order valence-corrected chi connectivity index (χ4v) is 2.68. The van der Waals surface area contributed by atoms with Crippen molar-refractivity contribution in [2.45, 2.75) is 32.7 Å². The van der Waals surface area contributed by atoms with Gasteiger partial charge in [0.15, 0.2) is 0 Å². The maximum absolute atomic E-state index is 12.2. The lowest BCUT2D eigenvalue weighted by atomic mass is 10.1. The first-order chi connectivity index (χ1) is 12.0. The van der Waals surface area contributed by atoms with E-state index < -0.39 is 0 Å². The van der Waals surface area contributed by atoms with E-state index in [1.165, 1.54) is 6.33 Å². The van der Waals surface area contributed by atoms with Crippen LogP contribution >= 0.6 is 0 Å². The number of aromatic nitrogens is 2. The van der Waals surface area contributed by atoms with Gasteiger partial charge in [0.05, 0.1) is 19.1 Å². The van der Waals surface area contributed by atoms with Crippen LogP contribution in [0.3, 0.4) is 0 Å². The van der Waals surface area contributed by atoms with E-state index in [4.69, 9.17) is 4.42 Å². The van der Waals surface area contributed by atoms with Crippen LogP contribution in [0.2, 0.25) is 0 Å². The molecule has 0 spiro atoms. The quantitative estimate of drug-likeness (QED) is 0.745. The predicted octanol–water partition coefficient (Wildman–Crippen LogP) is 1.58. The molecule has 2 aromatic heterocycles. The number of carbonyl (C=O) groups excluding carboxylic acids is 1. The molecule has 0 atom stereocenters. The molecule has 1 amide bonds. The molecule has 0 bridgehead atoms. The Hall–Kier alpha value is -2.41. The van der Waals surface area contributed by atoms with Crippen LogP contribution in [-0.4, -0.2) is 52.9 Å². The Morgan fingerprint density at radius 1 is 1.32 bits per heavy atom. The smallest absolute Gasteiger partial charge is 0.254 e. The zero-order valence-electron chi connectivity index (χ0n) is 15.1. The van der Waals surface area contributed by atoms with Crippen molar-refractivity contribution in [1.29, 1.82) is 0 Å².